The smallest absolute Gasteiger partial charge is 0.260 e. The van der Waals surface area contributed by atoms with Gasteiger partial charge in [0.05, 0.1) is 5.69 Å². The zero-order valence-electron chi connectivity index (χ0n) is 14.1. The quantitative estimate of drug-likeness (QED) is 0.923. The first-order valence-electron chi connectivity index (χ1n) is 8.27. The molecule has 0 bridgehead atoms. The van der Waals surface area contributed by atoms with E-state index in [-0.39, 0.29) is 12.5 Å². The number of aryl methyl sites for hydroxylation is 1. The van der Waals surface area contributed by atoms with Crippen LogP contribution in [0.5, 0.6) is 5.75 Å². The Balaban J connectivity index is 1.56. The van der Waals surface area contributed by atoms with E-state index in [9.17, 15) is 4.79 Å². The molecule has 0 atom stereocenters. The van der Waals surface area contributed by atoms with E-state index < -0.39 is 0 Å². The molecule has 3 rings (SSSR count). The summed E-state index contributed by atoms with van der Waals surface area (Å²) in [5.74, 6) is 1.47. The van der Waals surface area contributed by atoms with Crippen LogP contribution in [0.3, 0.4) is 0 Å². The Bertz CT molecular complexity index is 704. The SMILES string of the molecule is Cc1sc(N)nc1-c1ccc(OCC(=O)N2CCC(C)CC2)cc1. The molecular formula is C18H23N3O2S. The van der Waals surface area contributed by atoms with E-state index in [2.05, 4.69) is 11.9 Å². The van der Waals surface area contributed by atoms with E-state index in [1.165, 1.54) is 11.3 Å². The maximum atomic E-state index is 12.2. The van der Waals surface area contributed by atoms with Gasteiger partial charge in [-0.3, -0.25) is 4.79 Å². The Morgan fingerprint density at radius 3 is 2.58 bits per heavy atom. The standard InChI is InChI=1S/C18H23N3O2S/c1-12-7-9-21(10-8-12)16(22)11-23-15-5-3-14(4-6-15)17-13(2)24-18(19)20-17/h3-6,12H,7-11H2,1-2H3,(H2,19,20). The Morgan fingerprint density at radius 1 is 1.33 bits per heavy atom. The normalized spacial score (nSPS) is 15.5. The number of nitrogens with two attached hydrogens (primary N) is 1. The fourth-order valence-corrected chi connectivity index (χ4v) is 3.60. The highest BCUT2D eigenvalue weighted by Crippen LogP contribution is 2.29. The zero-order valence-corrected chi connectivity index (χ0v) is 14.9. The minimum atomic E-state index is 0.0640. The highest BCUT2D eigenvalue weighted by molar-refractivity contribution is 7.15. The largest absolute Gasteiger partial charge is 0.484 e. The van der Waals surface area contributed by atoms with Gasteiger partial charge >= 0.3 is 0 Å². The van der Waals surface area contributed by atoms with Crippen LogP contribution in [0.15, 0.2) is 24.3 Å². The minimum absolute atomic E-state index is 0.0640. The van der Waals surface area contributed by atoms with Crippen molar-refractivity contribution in [2.24, 2.45) is 5.92 Å². The Morgan fingerprint density at radius 2 is 2.00 bits per heavy atom. The lowest BCUT2D eigenvalue weighted by Crippen LogP contribution is -2.40. The number of carbonyl (C=O) groups excluding carboxylic acids is 1. The Hall–Kier alpha value is -2.08. The maximum Gasteiger partial charge on any atom is 0.260 e. The van der Waals surface area contributed by atoms with Crippen molar-refractivity contribution in [3.05, 3.63) is 29.1 Å². The lowest BCUT2D eigenvalue weighted by Gasteiger charge is -2.30. The van der Waals surface area contributed by atoms with Gasteiger partial charge in [0.15, 0.2) is 11.7 Å². The molecule has 0 spiro atoms. The van der Waals surface area contributed by atoms with Gasteiger partial charge in [0.1, 0.15) is 5.75 Å². The van der Waals surface area contributed by atoms with Crippen molar-refractivity contribution in [1.29, 1.82) is 0 Å². The van der Waals surface area contributed by atoms with Gasteiger partial charge in [-0.1, -0.05) is 6.92 Å². The van der Waals surface area contributed by atoms with Gasteiger partial charge in [0.2, 0.25) is 0 Å². The predicted octanol–water partition coefficient (Wildman–Crippen LogP) is 3.34. The number of rotatable bonds is 4. The second-order valence-electron chi connectivity index (χ2n) is 6.33. The van der Waals surface area contributed by atoms with Crippen LogP contribution in [0.2, 0.25) is 0 Å². The molecule has 128 valence electrons. The van der Waals surface area contributed by atoms with Crippen molar-refractivity contribution < 1.29 is 9.53 Å². The third-order valence-corrected chi connectivity index (χ3v) is 5.24. The van der Waals surface area contributed by atoms with Crippen LogP contribution in [0, 0.1) is 12.8 Å². The first-order valence-corrected chi connectivity index (χ1v) is 9.08. The van der Waals surface area contributed by atoms with Crippen molar-refractivity contribution in [2.75, 3.05) is 25.4 Å². The lowest BCUT2D eigenvalue weighted by molar-refractivity contribution is -0.134. The van der Waals surface area contributed by atoms with Crippen LogP contribution in [-0.4, -0.2) is 35.5 Å². The molecule has 1 amide bonds. The number of aromatic nitrogens is 1. The molecule has 1 aromatic carbocycles. The third-order valence-electron chi connectivity index (χ3n) is 4.44. The predicted molar refractivity (Wildman–Crippen MR) is 97.2 cm³/mol. The number of hydrogen-bond acceptors (Lipinski definition) is 5. The summed E-state index contributed by atoms with van der Waals surface area (Å²) in [6.45, 7) is 6.01. The van der Waals surface area contributed by atoms with Gasteiger partial charge in [-0.15, -0.1) is 11.3 Å². The molecular weight excluding hydrogens is 322 g/mol. The number of benzene rings is 1. The average Bonchev–Trinajstić information content (AvgIpc) is 2.92. The number of amides is 1. The lowest BCUT2D eigenvalue weighted by atomic mass is 9.99. The Labute approximate surface area is 146 Å². The number of likely N-dealkylation sites (tertiary alicyclic amines) is 1. The molecule has 2 N–H and O–H groups in total. The number of nitrogen functional groups attached to an aromatic ring is 1. The van der Waals surface area contributed by atoms with Gasteiger partial charge < -0.3 is 15.4 Å². The number of nitrogens with zero attached hydrogens (tertiary/aromatic N) is 2. The fourth-order valence-electron chi connectivity index (χ4n) is 2.89. The summed E-state index contributed by atoms with van der Waals surface area (Å²) >= 11 is 1.48. The number of piperidine rings is 1. The monoisotopic (exact) mass is 345 g/mol. The third kappa shape index (κ3) is 3.87. The highest BCUT2D eigenvalue weighted by atomic mass is 32.1. The van der Waals surface area contributed by atoms with Crippen LogP contribution >= 0.6 is 11.3 Å². The molecule has 1 saturated heterocycles. The molecule has 24 heavy (non-hydrogen) atoms. The van der Waals surface area contributed by atoms with Crippen LogP contribution in [0.4, 0.5) is 5.13 Å². The van der Waals surface area contributed by atoms with E-state index in [0.29, 0.717) is 16.8 Å². The van der Waals surface area contributed by atoms with Gasteiger partial charge in [-0.05, 0) is 49.9 Å². The Kier molecular flexibility index (Phi) is 5.04. The van der Waals surface area contributed by atoms with Crippen molar-refractivity contribution in [3.63, 3.8) is 0 Å². The topological polar surface area (TPSA) is 68.5 Å². The van der Waals surface area contributed by atoms with Crippen molar-refractivity contribution in [2.45, 2.75) is 26.7 Å². The van der Waals surface area contributed by atoms with Crippen LogP contribution in [0.25, 0.3) is 11.3 Å². The summed E-state index contributed by atoms with van der Waals surface area (Å²) in [5, 5.41) is 0.573. The molecule has 0 saturated carbocycles. The fraction of sp³-hybridized carbons (Fsp3) is 0.444. The van der Waals surface area contributed by atoms with E-state index in [0.717, 1.165) is 42.1 Å². The molecule has 0 aliphatic carbocycles. The van der Waals surface area contributed by atoms with Crippen molar-refractivity contribution in [3.8, 4) is 17.0 Å². The molecule has 1 fully saturated rings. The maximum absolute atomic E-state index is 12.2. The van der Waals surface area contributed by atoms with E-state index in [1.807, 2.05) is 36.1 Å². The molecule has 0 unspecified atom stereocenters. The minimum Gasteiger partial charge on any atom is -0.484 e. The summed E-state index contributed by atoms with van der Waals surface area (Å²) in [6, 6.07) is 7.64. The number of anilines is 1. The summed E-state index contributed by atoms with van der Waals surface area (Å²) in [7, 11) is 0. The van der Waals surface area contributed by atoms with Crippen LogP contribution in [-0.2, 0) is 4.79 Å². The molecule has 1 aromatic heterocycles. The molecule has 5 nitrogen and oxygen atoms in total. The molecule has 0 radical (unpaired) electrons. The molecule has 1 aliphatic heterocycles. The van der Waals surface area contributed by atoms with E-state index in [1.54, 1.807) is 0 Å². The first-order chi connectivity index (χ1) is 11.5. The van der Waals surface area contributed by atoms with Crippen LogP contribution < -0.4 is 10.5 Å². The molecule has 1 aliphatic rings. The van der Waals surface area contributed by atoms with Crippen LogP contribution in [0.1, 0.15) is 24.6 Å². The number of ether oxygens (including phenoxy) is 1. The second kappa shape index (κ2) is 7.21. The molecule has 2 heterocycles. The van der Waals surface area contributed by atoms with Gasteiger partial charge in [0.25, 0.3) is 5.91 Å². The van der Waals surface area contributed by atoms with Gasteiger partial charge in [-0.2, -0.15) is 0 Å². The summed E-state index contributed by atoms with van der Waals surface area (Å²) < 4.78 is 5.64. The summed E-state index contributed by atoms with van der Waals surface area (Å²) in [5.41, 5.74) is 7.66. The second-order valence-corrected chi connectivity index (χ2v) is 7.57. The highest BCUT2D eigenvalue weighted by Gasteiger charge is 2.20. The molecule has 2 aromatic rings. The average molecular weight is 345 g/mol. The summed E-state index contributed by atoms with van der Waals surface area (Å²) in [6.07, 6.45) is 2.16. The molecule has 6 heteroatoms. The number of thiazole rings is 1. The first kappa shape index (κ1) is 16.8. The number of carbonyl (C=O) groups is 1. The van der Waals surface area contributed by atoms with E-state index in [4.69, 9.17) is 10.5 Å². The summed E-state index contributed by atoms with van der Waals surface area (Å²) in [4.78, 5) is 19.5. The van der Waals surface area contributed by atoms with E-state index >= 15 is 0 Å². The zero-order chi connectivity index (χ0) is 17.1. The number of hydrogen-bond donors (Lipinski definition) is 1. The van der Waals surface area contributed by atoms with Gasteiger partial charge in [0, 0.05) is 23.5 Å². The van der Waals surface area contributed by atoms with Crippen molar-refractivity contribution >= 4 is 22.4 Å². The van der Waals surface area contributed by atoms with Crippen molar-refractivity contribution in [1.82, 2.24) is 9.88 Å². The van der Waals surface area contributed by atoms with Gasteiger partial charge in [-0.25, -0.2) is 4.98 Å².